The molecule has 1 aromatic heterocycles. The molecule has 7 heteroatoms. The average molecular weight is 290 g/mol. The lowest BCUT2D eigenvalue weighted by molar-refractivity contribution is 0.134. The SMILES string of the molecule is Cc1ncc(S(=O)(=O)NCC2(CO)CCCC2)s1. The van der Waals surface area contributed by atoms with Gasteiger partial charge in [-0.15, -0.1) is 11.3 Å². The largest absolute Gasteiger partial charge is 0.396 e. The Labute approximate surface area is 111 Å². The number of thiazole rings is 1. The third kappa shape index (κ3) is 2.90. The van der Waals surface area contributed by atoms with Gasteiger partial charge in [0.05, 0.1) is 11.2 Å². The van der Waals surface area contributed by atoms with Gasteiger partial charge >= 0.3 is 0 Å². The van der Waals surface area contributed by atoms with Gasteiger partial charge in [0, 0.05) is 18.6 Å². The smallest absolute Gasteiger partial charge is 0.251 e. The minimum Gasteiger partial charge on any atom is -0.396 e. The first-order valence-electron chi connectivity index (χ1n) is 6.00. The molecule has 1 aliphatic carbocycles. The molecule has 0 bridgehead atoms. The highest BCUT2D eigenvalue weighted by Gasteiger charge is 2.34. The maximum atomic E-state index is 12.0. The summed E-state index contributed by atoms with van der Waals surface area (Å²) in [5.74, 6) is 0. The van der Waals surface area contributed by atoms with Crippen LogP contribution in [0.2, 0.25) is 0 Å². The van der Waals surface area contributed by atoms with Crippen LogP contribution in [0.1, 0.15) is 30.7 Å². The Balaban J connectivity index is 2.05. The van der Waals surface area contributed by atoms with Gasteiger partial charge in [0.2, 0.25) is 0 Å². The van der Waals surface area contributed by atoms with E-state index in [0.29, 0.717) is 6.54 Å². The number of aryl methyl sites for hydroxylation is 1. The normalized spacial score (nSPS) is 19.2. The van der Waals surface area contributed by atoms with Crippen molar-refractivity contribution in [1.82, 2.24) is 9.71 Å². The molecule has 2 rings (SSSR count). The third-order valence-corrected chi connectivity index (χ3v) is 6.28. The molecule has 1 fully saturated rings. The summed E-state index contributed by atoms with van der Waals surface area (Å²) in [4.78, 5) is 3.95. The fraction of sp³-hybridized carbons (Fsp3) is 0.727. The van der Waals surface area contributed by atoms with E-state index in [0.717, 1.165) is 42.0 Å². The zero-order valence-corrected chi connectivity index (χ0v) is 12.0. The third-order valence-electron chi connectivity index (χ3n) is 3.50. The lowest BCUT2D eigenvalue weighted by atomic mass is 9.88. The second-order valence-corrected chi connectivity index (χ2v) is 8.12. The second-order valence-electron chi connectivity index (χ2n) is 4.89. The first-order valence-corrected chi connectivity index (χ1v) is 8.30. The summed E-state index contributed by atoms with van der Waals surface area (Å²) in [6.07, 6.45) is 5.26. The van der Waals surface area contributed by atoms with Crippen LogP contribution >= 0.6 is 11.3 Å². The highest BCUT2D eigenvalue weighted by Crippen LogP contribution is 2.37. The molecular formula is C11H18N2O3S2. The molecule has 0 radical (unpaired) electrons. The van der Waals surface area contributed by atoms with Crippen LogP contribution in [0.25, 0.3) is 0 Å². The lowest BCUT2D eigenvalue weighted by Crippen LogP contribution is -2.38. The number of aliphatic hydroxyl groups excluding tert-OH is 1. The zero-order valence-electron chi connectivity index (χ0n) is 10.3. The molecule has 0 amide bonds. The number of nitrogens with zero attached hydrogens (tertiary/aromatic N) is 1. The quantitative estimate of drug-likeness (QED) is 0.856. The summed E-state index contributed by atoms with van der Waals surface area (Å²) in [7, 11) is -3.48. The first-order chi connectivity index (χ1) is 8.47. The molecule has 0 aromatic carbocycles. The van der Waals surface area contributed by atoms with Crippen LogP contribution in [0.4, 0.5) is 0 Å². The van der Waals surface area contributed by atoms with Crippen LogP contribution < -0.4 is 4.72 Å². The molecule has 5 nitrogen and oxygen atoms in total. The van der Waals surface area contributed by atoms with E-state index in [9.17, 15) is 13.5 Å². The van der Waals surface area contributed by atoms with Gasteiger partial charge < -0.3 is 5.11 Å². The Morgan fingerprint density at radius 2 is 2.17 bits per heavy atom. The molecular weight excluding hydrogens is 272 g/mol. The number of rotatable bonds is 5. The molecule has 0 aliphatic heterocycles. The van der Waals surface area contributed by atoms with Gasteiger partial charge in [-0.1, -0.05) is 12.8 Å². The summed E-state index contributed by atoms with van der Waals surface area (Å²) < 4.78 is 26.9. The van der Waals surface area contributed by atoms with E-state index in [1.165, 1.54) is 6.20 Å². The maximum absolute atomic E-state index is 12.0. The average Bonchev–Trinajstić information content (AvgIpc) is 2.96. The summed E-state index contributed by atoms with van der Waals surface area (Å²) in [5.41, 5.74) is -0.271. The van der Waals surface area contributed by atoms with Crippen molar-refractivity contribution in [2.24, 2.45) is 5.41 Å². The number of sulfonamides is 1. The fourth-order valence-electron chi connectivity index (χ4n) is 2.30. The van der Waals surface area contributed by atoms with E-state index in [2.05, 4.69) is 9.71 Å². The van der Waals surface area contributed by atoms with Gasteiger partial charge in [-0.2, -0.15) is 0 Å². The summed E-state index contributed by atoms with van der Waals surface area (Å²) in [5, 5.41) is 10.2. The van der Waals surface area contributed by atoms with Gasteiger partial charge in [-0.25, -0.2) is 18.1 Å². The van der Waals surface area contributed by atoms with Gasteiger partial charge in [0.25, 0.3) is 10.0 Å². The van der Waals surface area contributed by atoms with E-state index in [1.54, 1.807) is 6.92 Å². The molecule has 1 aliphatic rings. The molecule has 102 valence electrons. The van der Waals surface area contributed by atoms with Crippen LogP contribution in [0.15, 0.2) is 10.4 Å². The van der Waals surface area contributed by atoms with Crippen LogP contribution in [-0.4, -0.2) is 31.7 Å². The van der Waals surface area contributed by atoms with Gasteiger partial charge in [0.1, 0.15) is 0 Å². The minimum absolute atomic E-state index is 0.0389. The van der Waals surface area contributed by atoms with Crippen LogP contribution in [0, 0.1) is 12.3 Å². The van der Waals surface area contributed by atoms with E-state index in [-0.39, 0.29) is 16.2 Å². The monoisotopic (exact) mass is 290 g/mol. The highest BCUT2D eigenvalue weighted by atomic mass is 32.2. The summed E-state index contributed by atoms with van der Waals surface area (Å²) in [6, 6.07) is 0. The van der Waals surface area contributed by atoms with E-state index < -0.39 is 10.0 Å². The molecule has 18 heavy (non-hydrogen) atoms. The first kappa shape index (κ1) is 13.9. The second kappa shape index (κ2) is 5.24. The lowest BCUT2D eigenvalue weighted by Gasteiger charge is -2.26. The van der Waals surface area contributed by atoms with Gasteiger partial charge in [-0.05, 0) is 19.8 Å². The number of hydrogen-bond donors (Lipinski definition) is 2. The van der Waals surface area contributed by atoms with Crippen LogP contribution in [0.3, 0.4) is 0 Å². The van der Waals surface area contributed by atoms with Crippen molar-refractivity contribution in [3.05, 3.63) is 11.2 Å². The number of aliphatic hydroxyl groups is 1. The molecule has 1 aromatic rings. The molecule has 0 saturated heterocycles. The molecule has 1 saturated carbocycles. The molecule has 0 atom stereocenters. The standard InChI is InChI=1S/C11H18N2O3S2/c1-9-12-6-10(17-9)18(15,16)13-7-11(8-14)4-2-3-5-11/h6,13-14H,2-5,7-8H2,1H3. The Kier molecular flexibility index (Phi) is 4.05. The van der Waals surface area contributed by atoms with Crippen molar-refractivity contribution >= 4 is 21.4 Å². The Morgan fingerprint density at radius 3 is 2.67 bits per heavy atom. The molecule has 0 spiro atoms. The fourth-order valence-corrected chi connectivity index (χ4v) is 4.61. The van der Waals surface area contributed by atoms with Crippen molar-refractivity contribution in [2.75, 3.05) is 13.2 Å². The summed E-state index contributed by atoms with van der Waals surface area (Å²) in [6.45, 7) is 2.12. The highest BCUT2D eigenvalue weighted by molar-refractivity contribution is 7.91. The van der Waals surface area contributed by atoms with E-state index in [1.807, 2.05) is 0 Å². The van der Waals surface area contributed by atoms with Crippen molar-refractivity contribution in [2.45, 2.75) is 36.8 Å². The topological polar surface area (TPSA) is 79.3 Å². The Bertz CT molecular complexity index is 504. The van der Waals surface area contributed by atoms with E-state index >= 15 is 0 Å². The van der Waals surface area contributed by atoms with E-state index in [4.69, 9.17) is 0 Å². The van der Waals surface area contributed by atoms with Crippen LogP contribution in [0.5, 0.6) is 0 Å². The van der Waals surface area contributed by atoms with Crippen molar-refractivity contribution in [3.63, 3.8) is 0 Å². The molecule has 0 unspecified atom stereocenters. The predicted molar refractivity (Wildman–Crippen MR) is 70.0 cm³/mol. The van der Waals surface area contributed by atoms with Crippen molar-refractivity contribution in [3.8, 4) is 0 Å². The number of nitrogens with one attached hydrogen (secondary N) is 1. The Hall–Kier alpha value is -0.500. The zero-order chi connectivity index (χ0) is 13.2. The van der Waals surface area contributed by atoms with Gasteiger partial charge in [0.15, 0.2) is 4.21 Å². The predicted octanol–water partition coefficient (Wildman–Crippen LogP) is 1.28. The number of hydrogen-bond acceptors (Lipinski definition) is 5. The van der Waals surface area contributed by atoms with Crippen molar-refractivity contribution < 1.29 is 13.5 Å². The Morgan fingerprint density at radius 1 is 1.50 bits per heavy atom. The van der Waals surface area contributed by atoms with Crippen molar-refractivity contribution in [1.29, 1.82) is 0 Å². The minimum atomic E-state index is -3.48. The van der Waals surface area contributed by atoms with Crippen LogP contribution in [-0.2, 0) is 10.0 Å². The maximum Gasteiger partial charge on any atom is 0.251 e. The van der Waals surface area contributed by atoms with Gasteiger partial charge in [-0.3, -0.25) is 0 Å². The number of aromatic nitrogens is 1. The molecule has 2 N–H and O–H groups in total. The molecule has 1 heterocycles. The summed E-state index contributed by atoms with van der Waals surface area (Å²) >= 11 is 1.16.